The van der Waals surface area contributed by atoms with Gasteiger partial charge in [0.15, 0.2) is 11.6 Å². The minimum Gasteiger partial charge on any atom is -0.360 e. The van der Waals surface area contributed by atoms with Crippen LogP contribution in [0.2, 0.25) is 0 Å². The third-order valence-electron chi connectivity index (χ3n) is 9.01. The van der Waals surface area contributed by atoms with Crippen molar-refractivity contribution >= 4 is 44.5 Å². The number of ketones is 2. The summed E-state index contributed by atoms with van der Waals surface area (Å²) in [5, 5.41) is 11.5. The van der Waals surface area contributed by atoms with Crippen LogP contribution in [0.5, 0.6) is 0 Å². The van der Waals surface area contributed by atoms with E-state index in [0.29, 0.717) is 11.1 Å². The Balaban J connectivity index is 1.52. The predicted octanol–water partition coefficient (Wildman–Crippen LogP) is 11.3. The molecular weight excluding hydrogens is 588 g/mol. The lowest BCUT2D eigenvalue weighted by molar-refractivity contribution is -0.113. The number of benzene rings is 4. The number of anilines is 2. The molecule has 0 bridgehead atoms. The molecule has 4 aromatic rings. The molecule has 2 N–H and O–H groups in total. The number of nitrogens with one attached hydrogen (secondary N) is 2. The van der Waals surface area contributed by atoms with Gasteiger partial charge in [-0.05, 0) is 81.7 Å². The van der Waals surface area contributed by atoms with Crippen LogP contribution in [-0.4, -0.2) is 11.6 Å². The second kappa shape index (κ2) is 12.4. The lowest BCUT2D eigenvalue weighted by atomic mass is 9.78. The topological polar surface area (TPSA) is 58.2 Å². The summed E-state index contributed by atoms with van der Waals surface area (Å²) < 4.78 is 0. The zero-order valence-electron chi connectivity index (χ0n) is 29.2. The highest BCUT2D eigenvalue weighted by Crippen LogP contribution is 2.44. The highest BCUT2D eigenvalue weighted by Gasteiger charge is 2.29. The van der Waals surface area contributed by atoms with Gasteiger partial charge >= 0.3 is 0 Å². The van der Waals surface area contributed by atoms with Crippen LogP contribution < -0.4 is 10.6 Å². The van der Waals surface area contributed by atoms with Gasteiger partial charge < -0.3 is 10.6 Å². The molecule has 242 valence electrons. The van der Waals surface area contributed by atoms with Gasteiger partial charge in [-0.15, -0.1) is 0 Å². The predicted molar refractivity (Wildman–Crippen MR) is 203 cm³/mol. The molecular formula is C44H44N2O2. The average molecular weight is 633 g/mol. The first kappa shape index (κ1) is 32.7. The van der Waals surface area contributed by atoms with Crippen molar-refractivity contribution in [3.63, 3.8) is 0 Å². The number of carbonyl (C=O) groups excluding carboxylic acids is 2. The Morgan fingerprint density at radius 2 is 0.875 bits per heavy atom. The molecule has 4 aromatic carbocycles. The number of rotatable bonds is 5. The Hall–Kier alpha value is -5.22. The van der Waals surface area contributed by atoms with Crippen molar-refractivity contribution in [3.05, 3.63) is 143 Å². The molecule has 48 heavy (non-hydrogen) atoms. The van der Waals surface area contributed by atoms with Gasteiger partial charge in [-0.3, -0.25) is 9.59 Å². The van der Waals surface area contributed by atoms with E-state index in [4.69, 9.17) is 0 Å². The first-order valence-electron chi connectivity index (χ1n) is 16.6. The summed E-state index contributed by atoms with van der Waals surface area (Å²) in [4.78, 5) is 27.3. The van der Waals surface area contributed by atoms with E-state index in [1.807, 2.05) is 62.7 Å². The fraction of sp³-hybridized carbons (Fsp3) is 0.227. The molecule has 2 aliphatic rings. The van der Waals surface area contributed by atoms with Crippen LogP contribution in [-0.2, 0) is 9.59 Å². The number of fused-ring (bicyclic) bond motifs is 2. The minimum absolute atomic E-state index is 0.0336. The van der Waals surface area contributed by atoms with Gasteiger partial charge in [0.25, 0.3) is 0 Å². The molecule has 0 saturated heterocycles. The van der Waals surface area contributed by atoms with E-state index in [-0.39, 0.29) is 22.4 Å². The zero-order valence-corrected chi connectivity index (χ0v) is 29.2. The number of carbonyl (C=O) groups is 2. The lowest BCUT2D eigenvalue weighted by Gasteiger charge is -2.25. The molecule has 4 nitrogen and oxygen atoms in total. The fourth-order valence-corrected chi connectivity index (χ4v) is 6.56. The third kappa shape index (κ3) is 6.35. The van der Waals surface area contributed by atoms with Crippen molar-refractivity contribution in [1.82, 2.24) is 0 Å². The molecule has 2 aliphatic carbocycles. The van der Waals surface area contributed by atoms with Gasteiger partial charge in [0.2, 0.25) is 0 Å². The molecule has 0 fully saturated rings. The second-order valence-electron chi connectivity index (χ2n) is 15.0. The molecule has 0 saturated carbocycles. The quantitative estimate of drug-likeness (QED) is 0.215. The molecule has 0 heterocycles. The molecule has 0 spiro atoms. The Morgan fingerprint density at radius 3 is 1.25 bits per heavy atom. The van der Waals surface area contributed by atoms with E-state index in [1.165, 1.54) is 0 Å². The van der Waals surface area contributed by atoms with E-state index in [0.717, 1.165) is 66.3 Å². The molecule has 0 aromatic heterocycles. The zero-order chi connectivity index (χ0) is 34.4. The summed E-state index contributed by atoms with van der Waals surface area (Å²) in [6.45, 7) is 16.5. The second-order valence-corrected chi connectivity index (χ2v) is 15.0. The smallest absolute Gasteiger partial charge is 0.191 e. The number of hydrogen-bond donors (Lipinski definition) is 2. The van der Waals surface area contributed by atoms with Crippen LogP contribution in [0.4, 0.5) is 11.4 Å². The Bertz CT molecular complexity index is 2030. The first-order valence-corrected chi connectivity index (χ1v) is 16.6. The highest BCUT2D eigenvalue weighted by atomic mass is 16.1. The van der Waals surface area contributed by atoms with E-state index >= 15 is 0 Å². The first-order chi connectivity index (χ1) is 22.7. The SMILES string of the molecule is CC1=C/C(=C/Nc2ccc3ccccc3c2-c2c(N/C=C3/C=C(C)C=C(C(C)(C)C)C3=O)ccc3ccccc23)C(=O)C(C(C)(C)C)=C1. The van der Waals surface area contributed by atoms with Crippen LogP contribution in [0.1, 0.15) is 55.4 Å². The van der Waals surface area contributed by atoms with Crippen LogP contribution in [0.3, 0.4) is 0 Å². The van der Waals surface area contributed by atoms with Gasteiger partial charge in [0, 0.05) is 57.2 Å². The molecule has 0 radical (unpaired) electrons. The summed E-state index contributed by atoms with van der Waals surface area (Å²) in [5.74, 6) is 0.0671. The Kier molecular flexibility index (Phi) is 8.47. The van der Waals surface area contributed by atoms with E-state index in [1.54, 1.807) is 0 Å². The van der Waals surface area contributed by atoms with Crippen molar-refractivity contribution in [3.8, 4) is 11.1 Å². The summed E-state index contributed by atoms with van der Waals surface area (Å²) in [6.07, 6.45) is 11.6. The van der Waals surface area contributed by atoms with E-state index in [9.17, 15) is 9.59 Å². The molecule has 0 atom stereocenters. The summed E-state index contributed by atoms with van der Waals surface area (Å²) in [6, 6.07) is 25.1. The minimum atomic E-state index is -0.269. The Morgan fingerprint density at radius 1 is 0.500 bits per heavy atom. The standard InChI is InChI=1S/C44H44N2O2/c1-27-21-31(41(47)35(23-27)43(3,4)5)25-45-37-19-17-29-13-9-11-15-33(29)39(37)40-34-16-12-10-14-30(34)18-20-38(40)46-26-32-22-28(2)24-36(42(32)48)44(6,7)8/h9-26,45-46H,1-8H3/b31-25-,32-26-. The highest BCUT2D eigenvalue weighted by molar-refractivity contribution is 6.16. The molecule has 4 heteroatoms. The van der Waals surface area contributed by atoms with Gasteiger partial charge in [0.1, 0.15) is 0 Å². The number of Topliss-reactive ketones (excluding diaryl/α,β-unsaturated/α-hetero) is 2. The largest absolute Gasteiger partial charge is 0.360 e. The summed E-state index contributed by atoms with van der Waals surface area (Å²) in [7, 11) is 0. The van der Waals surface area contributed by atoms with E-state index in [2.05, 4.69) is 113 Å². The van der Waals surface area contributed by atoms with Crippen molar-refractivity contribution < 1.29 is 9.59 Å². The van der Waals surface area contributed by atoms with Crippen molar-refractivity contribution in [2.45, 2.75) is 55.4 Å². The maximum absolute atomic E-state index is 13.6. The van der Waals surface area contributed by atoms with Crippen LogP contribution in [0, 0.1) is 10.8 Å². The maximum atomic E-state index is 13.6. The summed E-state index contributed by atoms with van der Waals surface area (Å²) in [5.41, 5.74) is 8.18. The lowest BCUT2D eigenvalue weighted by Crippen LogP contribution is -2.22. The van der Waals surface area contributed by atoms with Crippen molar-refractivity contribution in [2.24, 2.45) is 10.8 Å². The van der Waals surface area contributed by atoms with Gasteiger partial charge in [-0.1, -0.05) is 114 Å². The molecule has 0 aliphatic heterocycles. The van der Waals surface area contributed by atoms with Crippen molar-refractivity contribution in [1.29, 1.82) is 0 Å². The van der Waals surface area contributed by atoms with Crippen LogP contribution in [0.15, 0.2) is 143 Å². The normalized spacial score (nSPS) is 17.4. The molecule has 6 rings (SSSR count). The van der Waals surface area contributed by atoms with Crippen LogP contribution >= 0.6 is 0 Å². The van der Waals surface area contributed by atoms with Gasteiger partial charge in [0.05, 0.1) is 0 Å². The monoisotopic (exact) mass is 632 g/mol. The van der Waals surface area contributed by atoms with Crippen molar-refractivity contribution in [2.75, 3.05) is 10.6 Å². The molecule has 0 unspecified atom stereocenters. The fourth-order valence-electron chi connectivity index (χ4n) is 6.56. The molecule has 0 amide bonds. The average Bonchev–Trinajstić information content (AvgIpc) is 3.03. The Labute approximate surface area is 284 Å². The van der Waals surface area contributed by atoms with E-state index < -0.39 is 0 Å². The van der Waals surface area contributed by atoms with Gasteiger partial charge in [-0.25, -0.2) is 0 Å². The third-order valence-corrected chi connectivity index (χ3v) is 9.01. The van der Waals surface area contributed by atoms with Gasteiger partial charge in [-0.2, -0.15) is 0 Å². The summed E-state index contributed by atoms with van der Waals surface area (Å²) >= 11 is 0. The van der Waals surface area contributed by atoms with Crippen LogP contribution in [0.25, 0.3) is 32.7 Å². The number of allylic oxidation sites excluding steroid dienone is 10. The number of hydrogen-bond acceptors (Lipinski definition) is 4. The maximum Gasteiger partial charge on any atom is 0.191 e.